The lowest BCUT2D eigenvalue weighted by Gasteiger charge is -2.16. The van der Waals surface area contributed by atoms with Gasteiger partial charge in [0.25, 0.3) is 0 Å². The molecular formula is C27H31ClN6O5. The summed E-state index contributed by atoms with van der Waals surface area (Å²) >= 11 is 5.62. The fraction of sp³-hybridized carbons (Fsp3) is 0.333. The number of aromatic amines is 1. The molecule has 0 aliphatic rings. The molecule has 0 saturated heterocycles. The van der Waals surface area contributed by atoms with E-state index in [0.29, 0.717) is 0 Å². The summed E-state index contributed by atoms with van der Waals surface area (Å²) in [7, 11) is 0. The Hall–Kier alpha value is -4.25. The number of carboxylic acid groups (broad SMARTS) is 1. The first-order chi connectivity index (χ1) is 18.9. The minimum Gasteiger partial charge on any atom is -0.480 e. The molecule has 3 aromatic rings. The van der Waals surface area contributed by atoms with Crippen molar-refractivity contribution in [3.8, 4) is 0 Å². The average molecular weight is 555 g/mol. The number of hydrogen-bond donors (Lipinski definition) is 4. The van der Waals surface area contributed by atoms with Gasteiger partial charge in [0.15, 0.2) is 0 Å². The number of aliphatic carboxylic acids is 1. The molecule has 206 valence electrons. The molecule has 1 heterocycles. The second-order valence-corrected chi connectivity index (χ2v) is 9.08. The van der Waals surface area contributed by atoms with Crippen LogP contribution in [0.25, 0.3) is 10.9 Å². The number of hydrogen-bond acceptors (Lipinski definition) is 6. The van der Waals surface area contributed by atoms with Crippen molar-refractivity contribution in [2.75, 3.05) is 19.0 Å². The summed E-state index contributed by atoms with van der Waals surface area (Å²) in [5.74, 6) is -2.19. The van der Waals surface area contributed by atoms with E-state index in [1.807, 2.05) is 54.6 Å². The number of fused-ring (bicyclic) bond motifs is 1. The van der Waals surface area contributed by atoms with Gasteiger partial charge >= 0.3 is 5.97 Å². The molecule has 0 bridgehead atoms. The van der Waals surface area contributed by atoms with Crippen LogP contribution >= 0.6 is 11.6 Å². The first-order valence-electron chi connectivity index (χ1n) is 12.5. The maximum atomic E-state index is 12.7. The van der Waals surface area contributed by atoms with Crippen LogP contribution in [0.15, 0.2) is 71.1 Å². The van der Waals surface area contributed by atoms with Crippen LogP contribution in [0.3, 0.4) is 0 Å². The van der Waals surface area contributed by atoms with Crippen LogP contribution in [0, 0.1) is 0 Å². The molecule has 11 nitrogen and oxygen atoms in total. The van der Waals surface area contributed by atoms with Gasteiger partial charge in [0.2, 0.25) is 17.7 Å². The monoisotopic (exact) mass is 554 g/mol. The summed E-state index contributed by atoms with van der Waals surface area (Å²) in [5, 5.41) is 24.6. The summed E-state index contributed by atoms with van der Waals surface area (Å²) < 4.78 is 0. The molecule has 1 aromatic heterocycles. The highest BCUT2D eigenvalue weighted by atomic mass is 35.5. The molecule has 2 aromatic carbocycles. The highest BCUT2D eigenvalue weighted by Crippen LogP contribution is 2.19. The molecule has 0 aliphatic carbocycles. The first kappa shape index (κ1) is 29.3. The van der Waals surface area contributed by atoms with Gasteiger partial charge < -0.3 is 20.7 Å². The zero-order valence-corrected chi connectivity index (χ0v) is 22.1. The molecule has 0 unspecified atom stereocenters. The summed E-state index contributed by atoms with van der Waals surface area (Å²) in [6.45, 7) is 0.463. The lowest BCUT2D eigenvalue weighted by Crippen LogP contribution is -2.43. The van der Waals surface area contributed by atoms with Crippen molar-refractivity contribution < 1.29 is 24.3 Å². The quantitative estimate of drug-likeness (QED) is 0.129. The molecule has 4 N–H and O–H groups in total. The molecule has 12 heteroatoms. The highest BCUT2D eigenvalue weighted by molar-refractivity contribution is 6.18. The molecule has 0 radical (unpaired) electrons. The van der Waals surface area contributed by atoms with Crippen LogP contribution in [0.1, 0.15) is 30.4 Å². The Bertz CT molecular complexity index is 1300. The zero-order chi connectivity index (χ0) is 28.0. The minimum absolute atomic E-state index is 0.00143. The number of carbonyl (C=O) groups is 4. The van der Waals surface area contributed by atoms with Gasteiger partial charge in [-0.2, -0.15) is 5.11 Å². The van der Waals surface area contributed by atoms with E-state index < -0.39 is 23.8 Å². The van der Waals surface area contributed by atoms with Crippen LogP contribution in [0.5, 0.6) is 0 Å². The number of amides is 3. The number of carbonyl (C=O) groups excluding carboxylic acids is 3. The van der Waals surface area contributed by atoms with Crippen molar-refractivity contribution >= 4 is 46.2 Å². The van der Waals surface area contributed by atoms with Gasteiger partial charge in [-0.25, -0.2) is 9.80 Å². The molecule has 0 spiro atoms. The first-order valence-corrected chi connectivity index (χ1v) is 13.0. The predicted molar refractivity (Wildman–Crippen MR) is 146 cm³/mol. The Labute approximate surface area is 230 Å². The molecular weight excluding hydrogens is 524 g/mol. The summed E-state index contributed by atoms with van der Waals surface area (Å²) in [6.07, 6.45) is 1.53. The normalized spacial score (nSPS) is 11.8. The number of halogens is 1. The van der Waals surface area contributed by atoms with Crippen LogP contribution in [0.2, 0.25) is 0 Å². The standard InChI is InChI=1S/C27H31ClN6O5/c28-13-15-31-33-34(18-19-6-2-1-3-7-19)26(37)11-10-24(35)29-14-12-25(36)32-23(27(38)39)16-20-17-30-22-9-5-4-8-21(20)22/h1-9,17,23,30H,10-16,18H2,(H,29,35)(H,32,36)(H,38,39)/t23-/m0/s1. The van der Waals surface area contributed by atoms with Crippen molar-refractivity contribution in [3.63, 3.8) is 0 Å². The zero-order valence-electron chi connectivity index (χ0n) is 21.3. The molecule has 3 amide bonds. The lowest BCUT2D eigenvalue weighted by molar-refractivity contribution is -0.141. The Morgan fingerprint density at radius 1 is 0.974 bits per heavy atom. The Balaban J connectivity index is 1.43. The summed E-state index contributed by atoms with van der Waals surface area (Å²) in [6, 6.07) is 15.6. The number of alkyl halides is 1. The fourth-order valence-corrected chi connectivity index (χ4v) is 3.90. The van der Waals surface area contributed by atoms with Crippen molar-refractivity contribution in [1.82, 2.24) is 20.6 Å². The average Bonchev–Trinajstić information content (AvgIpc) is 3.34. The van der Waals surface area contributed by atoms with Crippen LogP contribution in [0.4, 0.5) is 0 Å². The predicted octanol–water partition coefficient (Wildman–Crippen LogP) is 3.20. The molecule has 3 rings (SSSR count). The topological polar surface area (TPSA) is 156 Å². The van der Waals surface area contributed by atoms with E-state index in [1.165, 1.54) is 5.01 Å². The Morgan fingerprint density at radius 2 is 1.72 bits per heavy atom. The summed E-state index contributed by atoms with van der Waals surface area (Å²) in [5.41, 5.74) is 2.51. The molecule has 1 atom stereocenters. The number of rotatable bonds is 15. The van der Waals surface area contributed by atoms with Gasteiger partial charge in [0, 0.05) is 55.2 Å². The third-order valence-electron chi connectivity index (χ3n) is 5.79. The van der Waals surface area contributed by atoms with E-state index in [0.717, 1.165) is 22.0 Å². The van der Waals surface area contributed by atoms with Crippen molar-refractivity contribution in [2.24, 2.45) is 10.3 Å². The van der Waals surface area contributed by atoms with Gasteiger partial charge in [0.05, 0.1) is 13.1 Å². The number of carboxylic acids is 1. The van der Waals surface area contributed by atoms with Crippen molar-refractivity contribution in [3.05, 3.63) is 71.9 Å². The number of benzene rings is 2. The number of aromatic nitrogens is 1. The van der Waals surface area contributed by atoms with Gasteiger partial charge in [-0.3, -0.25) is 14.4 Å². The van der Waals surface area contributed by atoms with Crippen LogP contribution in [-0.4, -0.2) is 63.8 Å². The maximum Gasteiger partial charge on any atom is 0.326 e. The molecule has 0 aliphatic heterocycles. The van der Waals surface area contributed by atoms with Gasteiger partial charge in [-0.1, -0.05) is 53.8 Å². The SMILES string of the molecule is O=C(CCC(=O)N(Cc1ccccc1)N=NCCCl)NCCC(=O)N[C@@H](Cc1c[nH]c2ccccc12)C(=O)O. The number of H-pyrrole nitrogens is 1. The lowest BCUT2D eigenvalue weighted by atomic mass is 10.0. The smallest absolute Gasteiger partial charge is 0.326 e. The van der Waals surface area contributed by atoms with E-state index in [4.69, 9.17) is 11.6 Å². The number of para-hydroxylation sites is 1. The van der Waals surface area contributed by atoms with E-state index in [2.05, 4.69) is 26.0 Å². The van der Waals surface area contributed by atoms with Gasteiger partial charge in [-0.05, 0) is 17.2 Å². The fourth-order valence-electron chi connectivity index (χ4n) is 3.83. The number of nitrogens with zero attached hydrogens (tertiary/aromatic N) is 3. The molecule has 0 saturated carbocycles. The van der Waals surface area contributed by atoms with Crippen molar-refractivity contribution in [2.45, 2.75) is 38.3 Å². The Morgan fingerprint density at radius 3 is 2.46 bits per heavy atom. The third kappa shape index (κ3) is 9.53. The highest BCUT2D eigenvalue weighted by Gasteiger charge is 2.22. The van der Waals surface area contributed by atoms with E-state index >= 15 is 0 Å². The second kappa shape index (κ2) is 15.2. The van der Waals surface area contributed by atoms with Gasteiger partial charge in [-0.15, -0.1) is 11.6 Å². The number of nitrogens with one attached hydrogen (secondary N) is 3. The van der Waals surface area contributed by atoms with E-state index in [1.54, 1.807) is 6.20 Å². The Kier molecular flexibility index (Phi) is 11.4. The largest absolute Gasteiger partial charge is 0.480 e. The van der Waals surface area contributed by atoms with Gasteiger partial charge in [0.1, 0.15) is 6.04 Å². The van der Waals surface area contributed by atoms with E-state index in [9.17, 15) is 24.3 Å². The second-order valence-electron chi connectivity index (χ2n) is 8.70. The van der Waals surface area contributed by atoms with Crippen molar-refractivity contribution in [1.29, 1.82) is 0 Å². The molecule has 39 heavy (non-hydrogen) atoms. The van der Waals surface area contributed by atoms with Crippen LogP contribution in [-0.2, 0) is 32.1 Å². The molecule has 0 fully saturated rings. The van der Waals surface area contributed by atoms with E-state index in [-0.39, 0.29) is 57.1 Å². The minimum atomic E-state index is -1.15. The summed E-state index contributed by atoms with van der Waals surface area (Å²) in [4.78, 5) is 52.1. The maximum absolute atomic E-state index is 12.7. The third-order valence-corrected chi connectivity index (χ3v) is 5.96. The van der Waals surface area contributed by atoms with Crippen LogP contribution < -0.4 is 10.6 Å².